The van der Waals surface area contributed by atoms with E-state index in [0.29, 0.717) is 0 Å². The summed E-state index contributed by atoms with van der Waals surface area (Å²) in [6, 6.07) is 2.14. The van der Waals surface area contributed by atoms with Crippen molar-refractivity contribution in [2.75, 3.05) is 0 Å². The fraction of sp³-hybridized carbons (Fsp3) is 0.538. The van der Waals surface area contributed by atoms with Crippen LogP contribution in [0.1, 0.15) is 29.7 Å². The summed E-state index contributed by atoms with van der Waals surface area (Å²) in [4.78, 5) is 4.63. The van der Waals surface area contributed by atoms with E-state index in [9.17, 15) is 0 Å². The second-order valence-electron chi connectivity index (χ2n) is 5.54. The standard InChI is InChI=1S/C13H20NSi.Li/c1-10-8-9-14-13-11(10)6-5-7-12(13)15(2,3)4;/h8-9H,5-7H2,1-4H3;/q-1;+1. The number of rotatable bonds is 1. The molecule has 0 saturated carbocycles. The summed E-state index contributed by atoms with van der Waals surface area (Å²) < 4.78 is 0. The number of hydrogen-bond acceptors (Lipinski definition) is 1. The largest absolute Gasteiger partial charge is 1.00 e. The molecule has 0 radical (unpaired) electrons. The van der Waals surface area contributed by atoms with Gasteiger partial charge in [-0.15, -0.1) is 5.56 Å². The maximum Gasteiger partial charge on any atom is 1.00 e. The Kier molecular flexibility index (Phi) is 4.34. The average Bonchev–Trinajstić information content (AvgIpc) is 2.16. The van der Waals surface area contributed by atoms with Crippen LogP contribution in [0.4, 0.5) is 0 Å². The first-order valence-corrected chi connectivity index (χ1v) is 9.31. The molecule has 0 unspecified atom stereocenters. The summed E-state index contributed by atoms with van der Waals surface area (Å²) in [6.07, 6.45) is 5.79. The fourth-order valence-electron chi connectivity index (χ4n) is 2.46. The van der Waals surface area contributed by atoms with Gasteiger partial charge in [0, 0.05) is 6.20 Å². The van der Waals surface area contributed by atoms with Crippen molar-refractivity contribution in [3.8, 4) is 0 Å². The van der Waals surface area contributed by atoms with Crippen LogP contribution in [0.25, 0.3) is 0 Å². The van der Waals surface area contributed by atoms with Gasteiger partial charge in [0.15, 0.2) is 0 Å². The number of hydrogen-bond donors (Lipinski definition) is 0. The minimum atomic E-state index is -1.18. The SMILES string of the molecule is Cc1ccnc2c1CCC[C-]2[Si](C)(C)C.[Li+]. The number of pyridine rings is 1. The Hall–Kier alpha value is -0.166. The topological polar surface area (TPSA) is 12.9 Å². The predicted molar refractivity (Wildman–Crippen MR) is 67.6 cm³/mol. The Morgan fingerprint density at radius 2 is 2.00 bits per heavy atom. The van der Waals surface area contributed by atoms with Gasteiger partial charge < -0.3 is 0 Å². The van der Waals surface area contributed by atoms with Gasteiger partial charge in [-0.05, 0) is 8.07 Å². The molecule has 1 aliphatic rings. The second kappa shape index (κ2) is 5.00. The Morgan fingerprint density at radius 3 is 2.62 bits per heavy atom. The van der Waals surface area contributed by atoms with Gasteiger partial charge in [0.2, 0.25) is 0 Å². The molecule has 1 nitrogen and oxygen atoms in total. The molecule has 0 saturated heterocycles. The van der Waals surface area contributed by atoms with Crippen LogP contribution in [0, 0.1) is 12.5 Å². The summed E-state index contributed by atoms with van der Waals surface area (Å²) in [5.74, 6) is 0. The Bertz CT molecular complexity index is 371. The number of fused-ring (bicyclic) bond motifs is 1. The summed E-state index contributed by atoms with van der Waals surface area (Å²) in [5.41, 5.74) is 5.96. The Morgan fingerprint density at radius 1 is 1.31 bits per heavy atom. The molecule has 0 N–H and O–H groups in total. The van der Waals surface area contributed by atoms with Crippen molar-refractivity contribution in [1.29, 1.82) is 0 Å². The Labute approximate surface area is 112 Å². The first kappa shape index (κ1) is 13.9. The van der Waals surface area contributed by atoms with Crippen molar-refractivity contribution >= 4 is 8.07 Å². The minimum Gasteiger partial charge on any atom is -0.295 e. The third-order valence-electron chi connectivity index (χ3n) is 3.33. The fourth-order valence-corrected chi connectivity index (χ4v) is 4.31. The molecule has 16 heavy (non-hydrogen) atoms. The Balaban J connectivity index is 0.00000128. The van der Waals surface area contributed by atoms with Gasteiger partial charge in [-0.25, -0.2) is 0 Å². The van der Waals surface area contributed by atoms with E-state index in [2.05, 4.69) is 37.6 Å². The van der Waals surface area contributed by atoms with E-state index in [1.54, 1.807) is 5.54 Å². The molecule has 1 heterocycles. The van der Waals surface area contributed by atoms with Crippen molar-refractivity contribution in [3.63, 3.8) is 0 Å². The first-order valence-electron chi connectivity index (χ1n) is 5.81. The van der Waals surface area contributed by atoms with E-state index in [1.807, 2.05) is 6.20 Å². The number of aryl methyl sites for hydroxylation is 1. The maximum atomic E-state index is 4.63. The van der Waals surface area contributed by atoms with Crippen molar-refractivity contribution in [1.82, 2.24) is 4.98 Å². The van der Waals surface area contributed by atoms with Gasteiger partial charge in [0.25, 0.3) is 0 Å². The van der Waals surface area contributed by atoms with E-state index in [4.69, 9.17) is 0 Å². The van der Waals surface area contributed by atoms with Gasteiger partial charge in [-0.2, -0.15) is 11.1 Å². The van der Waals surface area contributed by atoms with E-state index >= 15 is 0 Å². The van der Waals surface area contributed by atoms with Crippen LogP contribution in [0.2, 0.25) is 19.6 Å². The first-order chi connectivity index (χ1) is 7.00. The van der Waals surface area contributed by atoms with Gasteiger partial charge in [0.05, 0.1) is 0 Å². The van der Waals surface area contributed by atoms with E-state index < -0.39 is 8.07 Å². The van der Waals surface area contributed by atoms with Crippen molar-refractivity contribution in [2.24, 2.45) is 0 Å². The van der Waals surface area contributed by atoms with Crippen LogP contribution >= 0.6 is 0 Å². The molecule has 0 aromatic carbocycles. The second-order valence-corrected chi connectivity index (χ2v) is 10.6. The number of nitrogens with zero attached hydrogens (tertiary/aromatic N) is 1. The molecule has 0 amide bonds. The molecule has 1 aromatic rings. The van der Waals surface area contributed by atoms with Crippen LogP contribution in [-0.2, 0) is 6.42 Å². The van der Waals surface area contributed by atoms with Crippen molar-refractivity contribution in [3.05, 3.63) is 34.6 Å². The molecule has 0 atom stereocenters. The molecule has 1 aliphatic carbocycles. The van der Waals surface area contributed by atoms with Crippen LogP contribution in [0.15, 0.2) is 12.3 Å². The van der Waals surface area contributed by atoms with Gasteiger partial charge in [-0.3, -0.25) is 4.98 Å². The van der Waals surface area contributed by atoms with Crippen molar-refractivity contribution < 1.29 is 18.9 Å². The van der Waals surface area contributed by atoms with Crippen LogP contribution in [0.3, 0.4) is 0 Å². The summed E-state index contributed by atoms with van der Waals surface area (Å²) in [7, 11) is -1.18. The average molecular weight is 225 g/mol. The zero-order valence-electron chi connectivity index (χ0n) is 11.2. The molecule has 1 aromatic heterocycles. The molecule has 3 heteroatoms. The zero-order chi connectivity index (χ0) is 11.1. The normalized spacial score (nSPS) is 15.4. The van der Waals surface area contributed by atoms with E-state index in [1.165, 1.54) is 36.1 Å². The summed E-state index contributed by atoms with van der Waals surface area (Å²) >= 11 is 0. The van der Waals surface area contributed by atoms with Gasteiger partial charge in [-0.1, -0.05) is 57.6 Å². The predicted octanol–water partition coefficient (Wildman–Crippen LogP) is 0.530. The molecule has 0 spiro atoms. The van der Waals surface area contributed by atoms with Crippen LogP contribution < -0.4 is 18.9 Å². The van der Waals surface area contributed by atoms with Gasteiger partial charge in [0.1, 0.15) is 0 Å². The quantitative estimate of drug-likeness (QED) is 0.502. The van der Waals surface area contributed by atoms with Gasteiger partial charge >= 0.3 is 18.9 Å². The molecule has 2 rings (SSSR count). The third kappa shape index (κ3) is 2.56. The van der Waals surface area contributed by atoms with E-state index in [-0.39, 0.29) is 18.9 Å². The minimum absolute atomic E-state index is 0. The monoisotopic (exact) mass is 225 g/mol. The van der Waals surface area contributed by atoms with E-state index in [0.717, 1.165) is 0 Å². The molecular weight excluding hydrogens is 205 g/mol. The molecular formula is C13H20LiNSi. The third-order valence-corrected chi connectivity index (χ3v) is 5.63. The summed E-state index contributed by atoms with van der Waals surface area (Å²) in [6.45, 7) is 9.51. The van der Waals surface area contributed by atoms with Crippen LogP contribution in [-0.4, -0.2) is 13.1 Å². The molecule has 82 valence electrons. The smallest absolute Gasteiger partial charge is 0.295 e. The summed E-state index contributed by atoms with van der Waals surface area (Å²) in [5, 5.41) is 0. The molecule has 0 fully saturated rings. The zero-order valence-corrected chi connectivity index (χ0v) is 12.2. The number of aromatic nitrogens is 1. The molecule has 0 aliphatic heterocycles. The van der Waals surface area contributed by atoms with Crippen molar-refractivity contribution in [2.45, 2.75) is 45.8 Å². The molecule has 0 bridgehead atoms. The van der Waals surface area contributed by atoms with Crippen LogP contribution in [0.5, 0.6) is 0 Å². The maximum absolute atomic E-state index is 4.63.